The largest absolute Gasteiger partial charge is 0.0622 e. The van der Waals surface area contributed by atoms with Crippen molar-refractivity contribution in [3.05, 3.63) is 194 Å². The third-order valence-corrected chi connectivity index (χ3v) is 11.2. The Hall–Kier alpha value is -6.76. The first-order valence-corrected chi connectivity index (χ1v) is 18.1. The number of benzene rings is 11. The molecule has 0 aliphatic carbocycles. The molecule has 240 valence electrons. The van der Waals surface area contributed by atoms with E-state index in [1.165, 1.54) is 109 Å². The van der Waals surface area contributed by atoms with E-state index in [-0.39, 0.29) is 0 Å². The van der Waals surface area contributed by atoms with Gasteiger partial charge in [0.1, 0.15) is 0 Å². The maximum Gasteiger partial charge on any atom is -0.00139 e. The Kier molecular flexibility index (Phi) is 6.35. The second-order valence-corrected chi connectivity index (χ2v) is 14.0. The summed E-state index contributed by atoms with van der Waals surface area (Å²) in [5.41, 5.74) is 10.1. The van der Waals surface area contributed by atoms with Gasteiger partial charge >= 0.3 is 0 Å². The predicted molar refractivity (Wildman–Crippen MR) is 224 cm³/mol. The Morgan fingerprint density at radius 3 is 0.942 bits per heavy atom. The molecule has 0 saturated heterocycles. The van der Waals surface area contributed by atoms with Crippen molar-refractivity contribution in [1.29, 1.82) is 0 Å². The van der Waals surface area contributed by atoms with Gasteiger partial charge in [-0.2, -0.15) is 0 Å². The molecule has 0 nitrogen and oxygen atoms in total. The van der Waals surface area contributed by atoms with Crippen LogP contribution in [0.15, 0.2) is 194 Å². The zero-order valence-electron chi connectivity index (χ0n) is 28.5. The van der Waals surface area contributed by atoms with Crippen molar-refractivity contribution in [2.24, 2.45) is 0 Å². The van der Waals surface area contributed by atoms with Gasteiger partial charge in [0, 0.05) is 0 Å². The predicted octanol–water partition coefficient (Wildman–Crippen LogP) is 14.7. The molecule has 0 spiro atoms. The maximum absolute atomic E-state index is 2.47. The molecule has 0 bridgehead atoms. The van der Waals surface area contributed by atoms with Crippen LogP contribution in [0.5, 0.6) is 0 Å². The van der Waals surface area contributed by atoms with Gasteiger partial charge in [-0.1, -0.05) is 182 Å². The third kappa shape index (κ3) is 4.28. The zero-order chi connectivity index (χ0) is 34.2. The lowest BCUT2D eigenvalue weighted by Gasteiger charge is -2.22. The Bertz CT molecular complexity index is 3050. The molecule has 0 aliphatic rings. The lowest BCUT2D eigenvalue weighted by atomic mass is 9.80. The first-order valence-electron chi connectivity index (χ1n) is 18.1. The molecular formula is C52H32. The second-order valence-electron chi connectivity index (χ2n) is 14.0. The number of fused-ring (bicyclic) bond motifs is 3. The molecule has 0 N–H and O–H groups in total. The highest BCUT2D eigenvalue weighted by Gasteiger charge is 2.22. The van der Waals surface area contributed by atoms with Gasteiger partial charge in [0.2, 0.25) is 0 Å². The van der Waals surface area contributed by atoms with Crippen molar-refractivity contribution in [3.8, 4) is 44.5 Å². The van der Waals surface area contributed by atoms with Crippen LogP contribution >= 0.6 is 0 Å². The van der Waals surface area contributed by atoms with E-state index in [2.05, 4.69) is 194 Å². The molecule has 11 aromatic carbocycles. The summed E-state index contributed by atoms with van der Waals surface area (Å²) >= 11 is 0. The van der Waals surface area contributed by atoms with Gasteiger partial charge in [0.25, 0.3) is 0 Å². The SMILES string of the molecule is c1ccc(-c2cc(-c3cccc4ccccc34)c3ccc4c(-c5cccc6ccccc56)cc(-c5cccc6ccccc56)c5ccc2c3c54)cc1. The van der Waals surface area contributed by atoms with Gasteiger partial charge in [-0.3, -0.25) is 0 Å². The lowest BCUT2D eigenvalue weighted by Crippen LogP contribution is -1.95. The van der Waals surface area contributed by atoms with E-state index in [0.717, 1.165) is 0 Å². The van der Waals surface area contributed by atoms with Gasteiger partial charge in [0.15, 0.2) is 0 Å². The fourth-order valence-corrected chi connectivity index (χ4v) is 8.90. The topological polar surface area (TPSA) is 0 Å². The monoisotopic (exact) mass is 656 g/mol. The number of rotatable bonds is 4. The summed E-state index contributed by atoms with van der Waals surface area (Å²) in [6.07, 6.45) is 0. The summed E-state index contributed by atoms with van der Waals surface area (Å²) in [4.78, 5) is 0. The van der Waals surface area contributed by atoms with Gasteiger partial charge in [0.05, 0.1) is 0 Å². The van der Waals surface area contributed by atoms with Crippen LogP contribution < -0.4 is 0 Å². The van der Waals surface area contributed by atoms with Gasteiger partial charge < -0.3 is 0 Å². The molecule has 0 saturated carbocycles. The molecule has 0 heteroatoms. The summed E-state index contributed by atoms with van der Waals surface area (Å²) in [5.74, 6) is 0. The summed E-state index contributed by atoms with van der Waals surface area (Å²) < 4.78 is 0. The minimum absolute atomic E-state index is 1.23. The number of hydrogen-bond acceptors (Lipinski definition) is 0. The van der Waals surface area contributed by atoms with Crippen molar-refractivity contribution in [2.45, 2.75) is 0 Å². The zero-order valence-corrected chi connectivity index (χ0v) is 28.5. The summed E-state index contributed by atoms with van der Waals surface area (Å²) in [7, 11) is 0. The van der Waals surface area contributed by atoms with Crippen LogP contribution in [0.1, 0.15) is 0 Å². The van der Waals surface area contributed by atoms with Crippen LogP contribution in [0.3, 0.4) is 0 Å². The smallest absolute Gasteiger partial charge is 0.00139 e. The van der Waals surface area contributed by atoms with Crippen LogP contribution in [-0.2, 0) is 0 Å². The highest BCUT2D eigenvalue weighted by molar-refractivity contribution is 6.33. The van der Waals surface area contributed by atoms with Crippen LogP contribution in [0, 0.1) is 0 Å². The standard InChI is InChI=1S/C52H32/c1-2-13-36(14-3-1)47-31-48(40-24-10-18-33-15-4-7-21-37(33)40)44-29-30-46-50(42-26-12-20-35-17-6-9-23-39(35)42)32-49(45-28-27-43(47)51(44)52(45)46)41-25-11-19-34-16-5-8-22-38(34)41/h1-32H. The average molecular weight is 657 g/mol. The van der Waals surface area contributed by atoms with Crippen LogP contribution in [0.4, 0.5) is 0 Å². The van der Waals surface area contributed by atoms with E-state index in [0.29, 0.717) is 0 Å². The molecule has 0 atom stereocenters. The molecular weight excluding hydrogens is 625 g/mol. The van der Waals surface area contributed by atoms with Crippen molar-refractivity contribution in [3.63, 3.8) is 0 Å². The van der Waals surface area contributed by atoms with E-state index < -0.39 is 0 Å². The second kappa shape index (κ2) is 11.4. The average Bonchev–Trinajstić information content (AvgIpc) is 3.22. The molecule has 0 aliphatic heterocycles. The quantitative estimate of drug-likeness (QED) is 0.165. The third-order valence-electron chi connectivity index (χ3n) is 11.2. The molecule has 0 radical (unpaired) electrons. The molecule has 0 aromatic heterocycles. The van der Waals surface area contributed by atoms with E-state index in [1.54, 1.807) is 0 Å². The normalized spacial score (nSPS) is 11.8. The molecule has 0 fully saturated rings. The molecule has 0 unspecified atom stereocenters. The van der Waals surface area contributed by atoms with Crippen LogP contribution in [0.2, 0.25) is 0 Å². The van der Waals surface area contributed by atoms with Crippen molar-refractivity contribution in [2.75, 3.05) is 0 Å². The first kappa shape index (κ1) is 29.0. The summed E-state index contributed by atoms with van der Waals surface area (Å²) in [6, 6.07) is 72.0. The fraction of sp³-hybridized carbons (Fsp3) is 0. The Morgan fingerprint density at radius 1 is 0.192 bits per heavy atom. The maximum atomic E-state index is 2.47. The Balaban J connectivity index is 1.36. The summed E-state index contributed by atoms with van der Waals surface area (Å²) in [6.45, 7) is 0. The van der Waals surface area contributed by atoms with Gasteiger partial charge in [-0.05, 0) is 121 Å². The van der Waals surface area contributed by atoms with E-state index >= 15 is 0 Å². The fourth-order valence-electron chi connectivity index (χ4n) is 8.90. The molecule has 52 heavy (non-hydrogen) atoms. The van der Waals surface area contributed by atoms with Crippen LogP contribution in [0.25, 0.3) is 109 Å². The van der Waals surface area contributed by atoms with Crippen molar-refractivity contribution in [1.82, 2.24) is 0 Å². The van der Waals surface area contributed by atoms with Crippen molar-refractivity contribution >= 4 is 64.6 Å². The highest BCUT2D eigenvalue weighted by Crippen LogP contribution is 2.50. The molecule has 11 rings (SSSR count). The van der Waals surface area contributed by atoms with E-state index in [9.17, 15) is 0 Å². The molecule has 0 amide bonds. The van der Waals surface area contributed by atoms with Gasteiger partial charge in [-0.25, -0.2) is 0 Å². The Labute approximate surface area is 302 Å². The first-order chi connectivity index (χ1) is 25.8. The van der Waals surface area contributed by atoms with E-state index in [1.807, 2.05) is 0 Å². The van der Waals surface area contributed by atoms with Crippen LogP contribution in [-0.4, -0.2) is 0 Å². The van der Waals surface area contributed by atoms with Crippen molar-refractivity contribution < 1.29 is 0 Å². The molecule has 0 heterocycles. The Morgan fingerprint density at radius 2 is 0.519 bits per heavy atom. The number of hydrogen-bond donors (Lipinski definition) is 0. The summed E-state index contributed by atoms with van der Waals surface area (Å²) in [5, 5.41) is 15.3. The van der Waals surface area contributed by atoms with Gasteiger partial charge in [-0.15, -0.1) is 0 Å². The minimum atomic E-state index is 1.23. The van der Waals surface area contributed by atoms with E-state index in [4.69, 9.17) is 0 Å². The molecule has 11 aromatic rings. The minimum Gasteiger partial charge on any atom is -0.0622 e. The highest BCUT2D eigenvalue weighted by atomic mass is 14.3. The lowest BCUT2D eigenvalue weighted by molar-refractivity contribution is 1.64.